The molecule has 0 fully saturated rings. The Morgan fingerprint density at radius 2 is 1.95 bits per heavy atom. The van der Waals surface area contributed by atoms with Gasteiger partial charge in [0.05, 0.1) is 10.6 Å². The number of anilines is 1. The van der Waals surface area contributed by atoms with Crippen LogP contribution in [0.1, 0.15) is 11.1 Å². The highest BCUT2D eigenvalue weighted by molar-refractivity contribution is 6.30. The van der Waals surface area contributed by atoms with Crippen LogP contribution in [0, 0.1) is 15.9 Å². The van der Waals surface area contributed by atoms with Gasteiger partial charge in [-0.1, -0.05) is 17.7 Å². The molecule has 3 rings (SSSR count). The number of hydrogen-bond donors (Lipinski definition) is 1. The quantitative estimate of drug-likeness (QED) is 0.689. The highest BCUT2D eigenvalue weighted by Gasteiger charge is 2.23. The summed E-state index contributed by atoms with van der Waals surface area (Å²) in [7, 11) is 0. The van der Waals surface area contributed by atoms with Crippen LogP contribution in [0.25, 0.3) is 0 Å². The Kier molecular flexibility index (Phi) is 3.51. The summed E-state index contributed by atoms with van der Waals surface area (Å²) in [4.78, 5) is 10.2. The molecule has 0 aliphatic heterocycles. The summed E-state index contributed by atoms with van der Waals surface area (Å²) < 4.78 is 13.8. The molecule has 0 amide bonds. The molecule has 0 saturated carbocycles. The molecule has 2 aromatic rings. The molecule has 1 N–H and O–H groups in total. The zero-order valence-corrected chi connectivity index (χ0v) is 11.7. The van der Waals surface area contributed by atoms with Gasteiger partial charge in [-0.2, -0.15) is 0 Å². The van der Waals surface area contributed by atoms with Gasteiger partial charge in [0.1, 0.15) is 5.82 Å². The standard InChI is InChI=1S/C15H12ClFN2O2/c16-11-2-1-9-6-12(7-10(9)5-11)18-15-8-13(19(20)21)3-4-14(15)17/h1-5,8,12,18H,6-7H2. The average Bonchev–Trinajstić information content (AvgIpc) is 2.82. The van der Waals surface area contributed by atoms with E-state index in [0.717, 1.165) is 30.5 Å². The third-order valence-corrected chi connectivity index (χ3v) is 3.86. The lowest BCUT2D eigenvalue weighted by Gasteiger charge is -2.14. The van der Waals surface area contributed by atoms with E-state index in [1.54, 1.807) is 0 Å². The number of nitro benzene ring substituents is 1. The smallest absolute Gasteiger partial charge is 0.271 e. The van der Waals surface area contributed by atoms with E-state index in [1.807, 2.05) is 18.2 Å². The van der Waals surface area contributed by atoms with Gasteiger partial charge in [0.2, 0.25) is 0 Å². The number of hydrogen-bond acceptors (Lipinski definition) is 3. The molecule has 0 spiro atoms. The number of nitrogens with zero attached hydrogens (tertiary/aromatic N) is 1. The lowest BCUT2D eigenvalue weighted by molar-refractivity contribution is -0.384. The minimum Gasteiger partial charge on any atom is -0.379 e. The number of rotatable bonds is 3. The Morgan fingerprint density at radius 3 is 2.71 bits per heavy atom. The van der Waals surface area contributed by atoms with Crippen LogP contribution in [0.4, 0.5) is 15.8 Å². The van der Waals surface area contributed by atoms with Crippen LogP contribution < -0.4 is 5.32 Å². The van der Waals surface area contributed by atoms with Crippen molar-refractivity contribution in [3.05, 3.63) is 68.5 Å². The zero-order valence-electron chi connectivity index (χ0n) is 11.0. The van der Waals surface area contributed by atoms with E-state index < -0.39 is 10.7 Å². The van der Waals surface area contributed by atoms with E-state index >= 15 is 0 Å². The number of non-ortho nitro benzene ring substituents is 1. The van der Waals surface area contributed by atoms with Crippen LogP contribution in [-0.4, -0.2) is 11.0 Å². The molecular formula is C15H12ClFN2O2. The van der Waals surface area contributed by atoms with Crippen LogP contribution in [0.3, 0.4) is 0 Å². The summed E-state index contributed by atoms with van der Waals surface area (Å²) in [6.45, 7) is 0. The molecule has 1 aliphatic rings. The van der Waals surface area contributed by atoms with Crippen LogP contribution in [0.5, 0.6) is 0 Å². The minimum atomic E-state index is -0.534. The summed E-state index contributed by atoms with van der Waals surface area (Å²) in [6, 6.07) is 9.20. The van der Waals surface area contributed by atoms with Crippen molar-refractivity contribution in [2.45, 2.75) is 18.9 Å². The van der Waals surface area contributed by atoms with Crippen molar-refractivity contribution < 1.29 is 9.31 Å². The van der Waals surface area contributed by atoms with Gasteiger partial charge in [-0.25, -0.2) is 4.39 Å². The second kappa shape index (κ2) is 5.33. The topological polar surface area (TPSA) is 55.2 Å². The molecule has 0 saturated heterocycles. The first-order chi connectivity index (χ1) is 10.0. The summed E-state index contributed by atoms with van der Waals surface area (Å²) in [6.07, 6.45) is 1.46. The van der Waals surface area contributed by atoms with E-state index in [1.165, 1.54) is 11.6 Å². The van der Waals surface area contributed by atoms with Crippen molar-refractivity contribution in [1.29, 1.82) is 0 Å². The van der Waals surface area contributed by atoms with Crippen molar-refractivity contribution in [1.82, 2.24) is 0 Å². The molecule has 0 bridgehead atoms. The number of nitrogens with one attached hydrogen (secondary N) is 1. The van der Waals surface area contributed by atoms with Crippen molar-refractivity contribution in [3.63, 3.8) is 0 Å². The first-order valence-electron chi connectivity index (χ1n) is 6.51. The molecule has 6 heteroatoms. The molecular weight excluding hydrogens is 295 g/mol. The Labute approximate surface area is 125 Å². The fourth-order valence-corrected chi connectivity index (χ4v) is 2.84. The predicted molar refractivity (Wildman–Crippen MR) is 79.3 cm³/mol. The minimum absolute atomic E-state index is 0.00923. The molecule has 21 heavy (non-hydrogen) atoms. The van der Waals surface area contributed by atoms with E-state index in [4.69, 9.17) is 11.6 Å². The average molecular weight is 307 g/mol. The molecule has 1 aliphatic carbocycles. The maximum Gasteiger partial charge on any atom is 0.271 e. The molecule has 4 nitrogen and oxygen atoms in total. The van der Waals surface area contributed by atoms with Crippen molar-refractivity contribution >= 4 is 23.0 Å². The fourth-order valence-electron chi connectivity index (χ4n) is 2.65. The predicted octanol–water partition coefficient (Wildman–Crippen LogP) is 3.97. The summed E-state index contributed by atoms with van der Waals surface area (Å²) >= 11 is 5.96. The highest BCUT2D eigenvalue weighted by Crippen LogP contribution is 2.29. The summed E-state index contributed by atoms with van der Waals surface area (Å²) in [5.41, 5.74) is 2.33. The largest absolute Gasteiger partial charge is 0.379 e. The molecule has 108 valence electrons. The van der Waals surface area contributed by atoms with Crippen LogP contribution in [0.15, 0.2) is 36.4 Å². The van der Waals surface area contributed by atoms with Crippen molar-refractivity contribution in [3.8, 4) is 0 Å². The summed E-state index contributed by atoms with van der Waals surface area (Å²) in [5, 5.41) is 14.5. The van der Waals surface area contributed by atoms with Crippen LogP contribution in [-0.2, 0) is 12.8 Å². The first kappa shape index (κ1) is 13.8. The molecule has 2 aromatic carbocycles. The lowest BCUT2D eigenvalue weighted by atomic mass is 10.1. The van der Waals surface area contributed by atoms with Crippen LogP contribution in [0.2, 0.25) is 5.02 Å². The Balaban J connectivity index is 1.80. The van der Waals surface area contributed by atoms with Crippen molar-refractivity contribution in [2.24, 2.45) is 0 Å². The van der Waals surface area contributed by atoms with E-state index in [2.05, 4.69) is 5.32 Å². The van der Waals surface area contributed by atoms with Gasteiger partial charge in [0, 0.05) is 23.2 Å². The normalized spacial score (nSPS) is 16.6. The number of nitro groups is 1. The Hall–Kier alpha value is -2.14. The summed E-state index contributed by atoms with van der Waals surface area (Å²) in [5.74, 6) is -0.491. The number of benzene rings is 2. The Morgan fingerprint density at radius 1 is 1.19 bits per heavy atom. The maximum absolute atomic E-state index is 13.8. The monoisotopic (exact) mass is 306 g/mol. The van der Waals surface area contributed by atoms with Gasteiger partial charge in [0.25, 0.3) is 5.69 Å². The zero-order chi connectivity index (χ0) is 15.0. The molecule has 0 radical (unpaired) electrons. The lowest BCUT2D eigenvalue weighted by Crippen LogP contribution is -2.20. The van der Waals surface area contributed by atoms with Gasteiger partial charge in [0.15, 0.2) is 0 Å². The number of fused-ring (bicyclic) bond motifs is 1. The molecule has 0 aromatic heterocycles. The maximum atomic E-state index is 13.8. The Bertz CT molecular complexity index is 721. The van der Waals surface area contributed by atoms with Gasteiger partial charge >= 0.3 is 0 Å². The van der Waals surface area contributed by atoms with Crippen molar-refractivity contribution in [2.75, 3.05) is 5.32 Å². The van der Waals surface area contributed by atoms with E-state index in [-0.39, 0.29) is 17.4 Å². The van der Waals surface area contributed by atoms with Gasteiger partial charge in [-0.3, -0.25) is 10.1 Å². The molecule has 1 unspecified atom stereocenters. The van der Waals surface area contributed by atoms with Gasteiger partial charge in [-0.15, -0.1) is 0 Å². The third kappa shape index (κ3) is 2.83. The second-order valence-electron chi connectivity index (χ2n) is 5.08. The van der Waals surface area contributed by atoms with Gasteiger partial charge in [-0.05, 0) is 42.2 Å². The highest BCUT2D eigenvalue weighted by atomic mass is 35.5. The van der Waals surface area contributed by atoms with E-state index in [0.29, 0.717) is 5.02 Å². The second-order valence-corrected chi connectivity index (χ2v) is 5.52. The third-order valence-electron chi connectivity index (χ3n) is 3.62. The van der Waals surface area contributed by atoms with E-state index in [9.17, 15) is 14.5 Å². The van der Waals surface area contributed by atoms with Gasteiger partial charge < -0.3 is 5.32 Å². The molecule has 1 atom stereocenters. The number of halogens is 2. The molecule has 0 heterocycles. The SMILES string of the molecule is O=[N+]([O-])c1ccc(F)c(NC2Cc3ccc(Cl)cc3C2)c1. The first-order valence-corrected chi connectivity index (χ1v) is 6.88. The fraction of sp³-hybridized carbons (Fsp3) is 0.200. The van der Waals surface area contributed by atoms with Crippen LogP contribution >= 0.6 is 11.6 Å².